The molecule has 85 heavy (non-hydrogen) atoms. The van der Waals surface area contributed by atoms with Gasteiger partial charge in [-0.15, -0.1) is 0 Å². The third kappa shape index (κ3) is 39.3. The van der Waals surface area contributed by atoms with Gasteiger partial charge in [-0.05, 0) is 96.3 Å². The van der Waals surface area contributed by atoms with Crippen LogP contribution in [0.4, 0.5) is 0 Å². The predicted octanol–water partition coefficient (Wildman–Crippen LogP) is 13.2. The van der Waals surface area contributed by atoms with Gasteiger partial charge in [0.1, 0.15) is 48.8 Å². The molecule has 0 radical (unpaired) electrons. The van der Waals surface area contributed by atoms with E-state index in [2.05, 4.69) is 116 Å². The maximum Gasteiger partial charge on any atom is 0.220 e. The quantitative estimate of drug-likeness (QED) is 0.0204. The Morgan fingerprint density at radius 3 is 1.29 bits per heavy atom. The summed E-state index contributed by atoms with van der Waals surface area (Å²) in [6.45, 7) is 2.65. The second kappa shape index (κ2) is 54.8. The SMILES string of the molecule is CC/C=C\C/C=C\C/C=C\C/C=C\C/C=C\C/C=C\CCCCCCC(=O)NC(COC1OC(CO)C(OC2OC(CO)C(O)C(O)C2O)C(O)C1O)C(O)/C=C/CC/C=C/CC/C=C/CCCCCCCCCCCCCCCCCCCC. The van der Waals surface area contributed by atoms with Crippen molar-refractivity contribution in [3.05, 3.63) is 109 Å². The molecule has 2 rings (SSSR count). The topological polar surface area (TPSA) is 228 Å². The van der Waals surface area contributed by atoms with Crippen molar-refractivity contribution in [2.24, 2.45) is 0 Å². The fourth-order valence-corrected chi connectivity index (χ4v) is 10.3. The molecule has 12 unspecified atom stereocenters. The molecule has 2 aliphatic heterocycles. The highest BCUT2D eigenvalue weighted by molar-refractivity contribution is 5.76. The van der Waals surface area contributed by atoms with Crippen molar-refractivity contribution in [3.8, 4) is 0 Å². The fraction of sp³-hybridized carbons (Fsp3) is 0.732. The van der Waals surface area contributed by atoms with Crippen molar-refractivity contribution in [1.82, 2.24) is 5.32 Å². The zero-order valence-corrected chi connectivity index (χ0v) is 52.8. The zero-order chi connectivity index (χ0) is 61.6. The molecular weight excluding hydrogens is 1070 g/mol. The zero-order valence-electron chi connectivity index (χ0n) is 52.8. The fourth-order valence-electron chi connectivity index (χ4n) is 10.3. The van der Waals surface area contributed by atoms with E-state index in [4.69, 9.17) is 18.9 Å². The largest absolute Gasteiger partial charge is 0.394 e. The number of carbonyl (C=O) groups is 1. The van der Waals surface area contributed by atoms with Crippen molar-refractivity contribution in [3.63, 3.8) is 0 Å². The van der Waals surface area contributed by atoms with Gasteiger partial charge in [0.05, 0.1) is 32.0 Å². The summed E-state index contributed by atoms with van der Waals surface area (Å²) < 4.78 is 22.8. The first-order valence-corrected chi connectivity index (χ1v) is 33.6. The summed E-state index contributed by atoms with van der Waals surface area (Å²) in [4.78, 5) is 13.3. The lowest BCUT2D eigenvalue weighted by Crippen LogP contribution is -2.65. The van der Waals surface area contributed by atoms with Gasteiger partial charge in [0.25, 0.3) is 0 Å². The summed E-state index contributed by atoms with van der Waals surface area (Å²) in [7, 11) is 0. The molecule has 9 N–H and O–H groups in total. The Morgan fingerprint density at radius 1 is 0.435 bits per heavy atom. The van der Waals surface area contributed by atoms with Gasteiger partial charge in [0, 0.05) is 6.42 Å². The van der Waals surface area contributed by atoms with Gasteiger partial charge in [-0.1, -0.05) is 245 Å². The number of allylic oxidation sites excluding steroid dienone is 17. The van der Waals surface area contributed by atoms with Crippen LogP contribution >= 0.6 is 0 Å². The number of ether oxygens (including phenoxy) is 4. The van der Waals surface area contributed by atoms with Gasteiger partial charge in [-0.3, -0.25) is 4.79 Å². The highest BCUT2D eigenvalue weighted by Crippen LogP contribution is 2.30. The van der Waals surface area contributed by atoms with Crippen LogP contribution in [0.3, 0.4) is 0 Å². The van der Waals surface area contributed by atoms with E-state index in [-0.39, 0.29) is 18.9 Å². The van der Waals surface area contributed by atoms with Crippen molar-refractivity contribution < 1.29 is 64.6 Å². The first kappa shape index (κ1) is 77.7. The number of hydrogen-bond acceptors (Lipinski definition) is 13. The minimum atomic E-state index is -1.80. The summed E-state index contributed by atoms with van der Waals surface area (Å²) in [6.07, 6.45) is 61.4. The molecular formula is C71H121NO13. The molecule has 0 aromatic carbocycles. The van der Waals surface area contributed by atoms with Crippen LogP contribution in [0.1, 0.15) is 239 Å². The first-order chi connectivity index (χ1) is 41.6. The summed E-state index contributed by atoms with van der Waals surface area (Å²) >= 11 is 0. The Labute approximate surface area is 515 Å². The standard InChI is InChI=1S/C71H121NO13/c1-3-5-7-9-11-13-15-17-19-21-23-25-27-28-29-30-31-33-34-36-38-40-42-44-46-48-50-52-54-60(75)59(58-82-70-68(81)66(79)69(62(57-74)84-70)85-71-67(80)65(78)64(77)61(56-73)83-71)72-63(76)55-53-51-49-47-45-43-41-39-37-35-32-26-24-22-20-18-16-14-12-10-8-6-4-2/h6,8,12,14,18,20,24,26,35-38,41,43-44,46,52,54,59-62,64-71,73-75,77-81H,3-5,7,9-11,13,15-17,19,21-23,25,27-34,39-40,42,45,47-51,53,55-58H2,1-2H3,(H,72,76)/b8-6-,14-12-,20-18-,26-24-,37-35-,38-36+,43-41-,46-44+,54-52+. The van der Waals surface area contributed by atoms with Crippen LogP contribution in [0, 0.1) is 0 Å². The normalized spacial score (nSPS) is 24.3. The summed E-state index contributed by atoms with van der Waals surface area (Å²) in [5.74, 6) is -0.281. The minimum Gasteiger partial charge on any atom is -0.394 e. The van der Waals surface area contributed by atoms with E-state index in [1.54, 1.807) is 6.08 Å². The van der Waals surface area contributed by atoms with Gasteiger partial charge in [-0.25, -0.2) is 0 Å². The second-order valence-electron chi connectivity index (χ2n) is 23.2. The Bertz CT molecular complexity index is 1840. The Kier molecular flexibility index (Phi) is 50.1. The molecule has 0 spiro atoms. The highest BCUT2D eigenvalue weighted by atomic mass is 16.7. The smallest absolute Gasteiger partial charge is 0.220 e. The maximum atomic E-state index is 13.3. The number of unbranched alkanes of at least 4 members (excludes halogenated alkanes) is 24. The van der Waals surface area contributed by atoms with Crippen LogP contribution in [0.5, 0.6) is 0 Å². The highest BCUT2D eigenvalue weighted by Gasteiger charge is 2.51. The van der Waals surface area contributed by atoms with Crippen LogP contribution < -0.4 is 5.32 Å². The average molecular weight is 1200 g/mol. The number of aliphatic hydroxyl groups is 8. The Morgan fingerprint density at radius 2 is 0.824 bits per heavy atom. The molecule has 0 saturated carbocycles. The first-order valence-electron chi connectivity index (χ1n) is 33.6. The van der Waals surface area contributed by atoms with Crippen molar-refractivity contribution in [1.29, 1.82) is 0 Å². The van der Waals surface area contributed by atoms with E-state index in [0.717, 1.165) is 89.9 Å². The lowest BCUT2D eigenvalue weighted by atomic mass is 9.97. The number of aliphatic hydroxyl groups excluding tert-OH is 8. The van der Waals surface area contributed by atoms with Crippen LogP contribution in [0.15, 0.2) is 109 Å². The van der Waals surface area contributed by atoms with Crippen molar-refractivity contribution >= 4 is 5.91 Å². The number of carbonyl (C=O) groups excluding carboxylic acids is 1. The van der Waals surface area contributed by atoms with E-state index in [1.165, 1.54) is 116 Å². The van der Waals surface area contributed by atoms with Crippen LogP contribution in [-0.4, -0.2) is 140 Å². The molecule has 2 fully saturated rings. The van der Waals surface area contributed by atoms with E-state index in [9.17, 15) is 45.6 Å². The van der Waals surface area contributed by atoms with Gasteiger partial charge in [0.15, 0.2) is 12.6 Å². The molecule has 2 saturated heterocycles. The number of hydrogen-bond donors (Lipinski definition) is 9. The Balaban J connectivity index is 1.75. The van der Waals surface area contributed by atoms with E-state index >= 15 is 0 Å². The molecule has 1 amide bonds. The van der Waals surface area contributed by atoms with Gasteiger partial charge < -0.3 is 65.1 Å². The van der Waals surface area contributed by atoms with Crippen LogP contribution in [0.25, 0.3) is 0 Å². The molecule has 0 aromatic rings. The van der Waals surface area contributed by atoms with Crippen molar-refractivity contribution in [2.75, 3.05) is 19.8 Å². The number of nitrogens with one attached hydrogen (secondary N) is 1. The van der Waals surface area contributed by atoms with E-state index in [0.29, 0.717) is 12.8 Å². The molecule has 12 atom stereocenters. The lowest BCUT2D eigenvalue weighted by Gasteiger charge is -2.46. The molecule has 0 aromatic heterocycles. The maximum absolute atomic E-state index is 13.3. The third-order valence-corrected chi connectivity index (χ3v) is 15.7. The second-order valence-corrected chi connectivity index (χ2v) is 23.2. The Hall–Kier alpha value is -3.35. The van der Waals surface area contributed by atoms with Crippen LogP contribution in [-0.2, 0) is 23.7 Å². The average Bonchev–Trinajstić information content (AvgIpc) is 3.68. The molecule has 2 heterocycles. The van der Waals surface area contributed by atoms with Crippen molar-refractivity contribution in [2.45, 2.75) is 312 Å². The van der Waals surface area contributed by atoms with Gasteiger partial charge >= 0.3 is 0 Å². The van der Waals surface area contributed by atoms with Gasteiger partial charge in [0.2, 0.25) is 5.91 Å². The molecule has 488 valence electrons. The van der Waals surface area contributed by atoms with Crippen LogP contribution in [0.2, 0.25) is 0 Å². The molecule has 0 aliphatic carbocycles. The molecule has 14 nitrogen and oxygen atoms in total. The summed E-state index contributed by atoms with van der Waals surface area (Å²) in [5.41, 5.74) is 0. The van der Waals surface area contributed by atoms with E-state index in [1.807, 2.05) is 6.08 Å². The summed E-state index contributed by atoms with van der Waals surface area (Å²) in [5, 5.41) is 87.3. The molecule has 14 heteroatoms. The molecule has 2 aliphatic rings. The third-order valence-electron chi connectivity index (χ3n) is 15.7. The number of amides is 1. The minimum absolute atomic E-state index is 0.233. The summed E-state index contributed by atoms with van der Waals surface area (Å²) in [6, 6.07) is -0.961. The molecule has 0 bridgehead atoms. The lowest BCUT2D eigenvalue weighted by molar-refractivity contribution is -0.359. The van der Waals surface area contributed by atoms with Gasteiger partial charge in [-0.2, -0.15) is 0 Å². The monoisotopic (exact) mass is 1200 g/mol. The van der Waals surface area contributed by atoms with E-state index < -0.39 is 86.8 Å². The number of rotatable bonds is 53. The predicted molar refractivity (Wildman–Crippen MR) is 345 cm³/mol.